The number of hydrogen-bond donors (Lipinski definition) is 1. The summed E-state index contributed by atoms with van der Waals surface area (Å²) in [6, 6.07) is 11.5. The summed E-state index contributed by atoms with van der Waals surface area (Å²) in [5.74, 6) is -0.310. The molecule has 0 spiro atoms. The van der Waals surface area contributed by atoms with Gasteiger partial charge in [-0.3, -0.25) is 4.98 Å². The third kappa shape index (κ3) is 3.29. The number of nitrogens with zero attached hydrogens (tertiary/aromatic N) is 1. The van der Waals surface area contributed by atoms with E-state index < -0.39 is 10.0 Å². The molecule has 4 nitrogen and oxygen atoms in total. The van der Waals surface area contributed by atoms with Gasteiger partial charge in [0.15, 0.2) is 0 Å². The van der Waals surface area contributed by atoms with Crippen LogP contribution < -0.4 is 4.72 Å². The number of fused-ring (bicyclic) bond motifs is 1. The number of aryl methyl sites for hydroxylation is 2. The lowest BCUT2D eigenvalue weighted by molar-refractivity contribution is 0.581. The van der Waals surface area contributed by atoms with Crippen molar-refractivity contribution in [3.05, 3.63) is 71.2 Å². The summed E-state index contributed by atoms with van der Waals surface area (Å²) in [4.78, 5) is 4.40. The molecule has 0 saturated carbocycles. The van der Waals surface area contributed by atoms with Gasteiger partial charge in [-0.05, 0) is 48.7 Å². The average molecular weight is 344 g/mol. The number of halogens is 1. The van der Waals surface area contributed by atoms with Crippen molar-refractivity contribution in [1.82, 2.24) is 9.71 Å². The van der Waals surface area contributed by atoms with Crippen LogP contribution in [0.2, 0.25) is 0 Å². The summed E-state index contributed by atoms with van der Waals surface area (Å²) in [6.07, 6.45) is 1.64. The molecule has 3 aromatic rings. The maximum atomic E-state index is 13.3. The van der Waals surface area contributed by atoms with Crippen LogP contribution in [0.4, 0.5) is 4.39 Å². The Morgan fingerprint density at radius 1 is 1.12 bits per heavy atom. The number of rotatable bonds is 4. The van der Waals surface area contributed by atoms with Crippen molar-refractivity contribution in [2.45, 2.75) is 25.3 Å². The molecule has 0 bridgehead atoms. The first-order chi connectivity index (χ1) is 11.4. The van der Waals surface area contributed by atoms with Crippen molar-refractivity contribution in [3.8, 4) is 0 Å². The molecule has 0 saturated heterocycles. The van der Waals surface area contributed by atoms with E-state index in [4.69, 9.17) is 0 Å². The summed E-state index contributed by atoms with van der Waals surface area (Å²) in [6.45, 7) is 3.64. The highest BCUT2D eigenvalue weighted by atomic mass is 32.2. The van der Waals surface area contributed by atoms with Crippen LogP contribution in [0, 0.1) is 19.7 Å². The number of hydrogen-bond acceptors (Lipinski definition) is 3. The minimum atomic E-state index is -3.73. The van der Waals surface area contributed by atoms with Gasteiger partial charge in [-0.25, -0.2) is 17.5 Å². The highest BCUT2D eigenvalue weighted by Gasteiger charge is 2.18. The second-order valence-electron chi connectivity index (χ2n) is 5.75. The lowest BCUT2D eigenvalue weighted by Crippen LogP contribution is -2.23. The van der Waals surface area contributed by atoms with E-state index in [1.807, 2.05) is 19.1 Å². The van der Waals surface area contributed by atoms with Gasteiger partial charge in [-0.1, -0.05) is 24.3 Å². The van der Waals surface area contributed by atoms with E-state index in [0.717, 1.165) is 10.9 Å². The SMILES string of the molecule is Cc1cnc2c(S(=O)(=O)NCc3ccc(F)c(C)c3)cccc2c1. The van der Waals surface area contributed by atoms with Crippen LogP contribution in [0.5, 0.6) is 0 Å². The zero-order valence-corrected chi connectivity index (χ0v) is 14.2. The van der Waals surface area contributed by atoms with Crippen LogP contribution in [0.15, 0.2) is 53.6 Å². The second kappa shape index (κ2) is 6.30. The Hall–Kier alpha value is -2.31. The standard InChI is InChI=1S/C18H17FN2O2S/c1-12-8-15-4-3-5-17(18(15)20-10-12)24(22,23)21-11-14-6-7-16(19)13(2)9-14/h3-10,21H,11H2,1-2H3. The number of benzene rings is 2. The van der Waals surface area contributed by atoms with Crippen LogP contribution in [-0.4, -0.2) is 13.4 Å². The lowest BCUT2D eigenvalue weighted by atomic mass is 10.1. The van der Waals surface area contributed by atoms with Gasteiger partial charge in [-0.2, -0.15) is 0 Å². The molecule has 0 aliphatic carbocycles. The predicted molar refractivity (Wildman–Crippen MR) is 91.6 cm³/mol. The fraction of sp³-hybridized carbons (Fsp3) is 0.167. The molecule has 0 amide bonds. The van der Waals surface area contributed by atoms with Crippen molar-refractivity contribution in [3.63, 3.8) is 0 Å². The van der Waals surface area contributed by atoms with Crippen LogP contribution in [0.25, 0.3) is 10.9 Å². The third-order valence-corrected chi connectivity index (χ3v) is 5.22. The van der Waals surface area contributed by atoms with Gasteiger partial charge in [0.1, 0.15) is 10.7 Å². The van der Waals surface area contributed by atoms with E-state index in [1.165, 1.54) is 12.1 Å². The molecule has 3 rings (SSSR count). The van der Waals surface area contributed by atoms with Crippen molar-refractivity contribution < 1.29 is 12.8 Å². The first kappa shape index (κ1) is 16.5. The Morgan fingerprint density at radius 3 is 2.67 bits per heavy atom. The molecule has 1 heterocycles. The Kier molecular flexibility index (Phi) is 4.34. The van der Waals surface area contributed by atoms with Crippen LogP contribution in [0.3, 0.4) is 0 Å². The average Bonchev–Trinajstić information content (AvgIpc) is 2.55. The Labute approximate surface area is 140 Å². The van der Waals surface area contributed by atoms with Gasteiger partial charge in [0, 0.05) is 18.1 Å². The van der Waals surface area contributed by atoms with Crippen molar-refractivity contribution in [1.29, 1.82) is 0 Å². The van der Waals surface area contributed by atoms with Crippen LogP contribution >= 0.6 is 0 Å². The lowest BCUT2D eigenvalue weighted by Gasteiger charge is -2.10. The fourth-order valence-electron chi connectivity index (χ4n) is 2.53. The molecule has 0 atom stereocenters. The van der Waals surface area contributed by atoms with Crippen molar-refractivity contribution in [2.75, 3.05) is 0 Å². The molecular formula is C18H17FN2O2S. The molecule has 2 aromatic carbocycles. The zero-order chi connectivity index (χ0) is 17.3. The van der Waals surface area contributed by atoms with Crippen molar-refractivity contribution in [2.24, 2.45) is 0 Å². The topological polar surface area (TPSA) is 59.1 Å². The van der Waals surface area contributed by atoms with E-state index in [2.05, 4.69) is 9.71 Å². The van der Waals surface area contributed by atoms with Gasteiger partial charge in [-0.15, -0.1) is 0 Å². The van der Waals surface area contributed by atoms with Gasteiger partial charge in [0.2, 0.25) is 10.0 Å². The molecule has 6 heteroatoms. The molecule has 1 N–H and O–H groups in total. The molecule has 24 heavy (non-hydrogen) atoms. The molecule has 0 fully saturated rings. The normalized spacial score (nSPS) is 11.8. The highest BCUT2D eigenvalue weighted by Crippen LogP contribution is 2.22. The number of sulfonamides is 1. The summed E-state index contributed by atoms with van der Waals surface area (Å²) < 4.78 is 41.1. The highest BCUT2D eigenvalue weighted by molar-refractivity contribution is 7.89. The summed E-state index contributed by atoms with van der Waals surface area (Å²) in [7, 11) is -3.73. The Bertz CT molecular complexity index is 1020. The monoisotopic (exact) mass is 344 g/mol. The fourth-order valence-corrected chi connectivity index (χ4v) is 3.73. The minimum absolute atomic E-state index is 0.0890. The smallest absolute Gasteiger partial charge is 0.243 e. The summed E-state index contributed by atoms with van der Waals surface area (Å²) >= 11 is 0. The van der Waals surface area contributed by atoms with E-state index >= 15 is 0 Å². The number of pyridine rings is 1. The molecule has 0 unspecified atom stereocenters. The predicted octanol–water partition coefficient (Wildman–Crippen LogP) is 3.47. The zero-order valence-electron chi connectivity index (χ0n) is 13.4. The first-order valence-electron chi connectivity index (χ1n) is 7.47. The number of aromatic nitrogens is 1. The van der Waals surface area contributed by atoms with Crippen LogP contribution in [-0.2, 0) is 16.6 Å². The van der Waals surface area contributed by atoms with Gasteiger partial charge >= 0.3 is 0 Å². The second-order valence-corrected chi connectivity index (χ2v) is 7.48. The van der Waals surface area contributed by atoms with E-state index in [0.29, 0.717) is 16.6 Å². The maximum absolute atomic E-state index is 13.3. The molecule has 124 valence electrons. The largest absolute Gasteiger partial charge is 0.255 e. The Balaban J connectivity index is 1.92. The van der Waals surface area contributed by atoms with Gasteiger partial charge in [0.05, 0.1) is 5.52 Å². The van der Waals surface area contributed by atoms with Gasteiger partial charge < -0.3 is 0 Å². The molecule has 0 aliphatic rings. The molecule has 1 aromatic heterocycles. The quantitative estimate of drug-likeness (QED) is 0.788. The first-order valence-corrected chi connectivity index (χ1v) is 8.95. The molecule has 0 aliphatic heterocycles. The van der Waals surface area contributed by atoms with Gasteiger partial charge in [0.25, 0.3) is 0 Å². The Morgan fingerprint density at radius 2 is 1.92 bits per heavy atom. The number of para-hydroxylation sites is 1. The molecular weight excluding hydrogens is 327 g/mol. The molecule has 0 radical (unpaired) electrons. The van der Waals surface area contributed by atoms with E-state index in [1.54, 1.807) is 31.3 Å². The van der Waals surface area contributed by atoms with E-state index in [-0.39, 0.29) is 17.3 Å². The minimum Gasteiger partial charge on any atom is -0.255 e. The summed E-state index contributed by atoms with van der Waals surface area (Å²) in [5, 5.41) is 0.774. The maximum Gasteiger partial charge on any atom is 0.243 e. The summed E-state index contributed by atoms with van der Waals surface area (Å²) in [5.41, 5.74) is 2.58. The van der Waals surface area contributed by atoms with Crippen molar-refractivity contribution >= 4 is 20.9 Å². The van der Waals surface area contributed by atoms with E-state index in [9.17, 15) is 12.8 Å². The number of nitrogens with one attached hydrogen (secondary N) is 1. The third-order valence-electron chi connectivity index (χ3n) is 3.79. The van der Waals surface area contributed by atoms with Crippen LogP contribution in [0.1, 0.15) is 16.7 Å².